The highest BCUT2D eigenvalue weighted by molar-refractivity contribution is 14.0. The van der Waals surface area contributed by atoms with Gasteiger partial charge in [0.15, 0.2) is 5.96 Å². The summed E-state index contributed by atoms with van der Waals surface area (Å²) in [6.45, 7) is 7.98. The zero-order valence-electron chi connectivity index (χ0n) is 16.1. The van der Waals surface area contributed by atoms with Crippen molar-refractivity contribution in [2.45, 2.75) is 20.8 Å². The highest BCUT2D eigenvalue weighted by Gasteiger charge is 2.27. The van der Waals surface area contributed by atoms with Crippen molar-refractivity contribution < 1.29 is 9.53 Å². The topological polar surface area (TPSA) is 66.0 Å². The lowest BCUT2D eigenvalue weighted by Gasteiger charge is -2.28. The predicted molar refractivity (Wildman–Crippen MR) is 119 cm³/mol. The normalized spacial score (nSPS) is 11.4. The lowest BCUT2D eigenvalue weighted by atomic mass is 9.92. The monoisotopic (exact) mass is 496 g/mol. The van der Waals surface area contributed by atoms with E-state index in [0.29, 0.717) is 37.2 Å². The Labute approximate surface area is 178 Å². The smallest absolute Gasteiger partial charge is 0.227 e. The van der Waals surface area contributed by atoms with Gasteiger partial charge < -0.3 is 20.3 Å². The number of halogens is 2. The van der Waals surface area contributed by atoms with Gasteiger partial charge in [0.1, 0.15) is 12.4 Å². The molecule has 0 spiro atoms. The molecule has 0 saturated heterocycles. The lowest BCUT2D eigenvalue weighted by molar-refractivity contribution is -0.128. The predicted octanol–water partition coefficient (Wildman–Crippen LogP) is 3.01. The molecule has 0 aliphatic heterocycles. The van der Waals surface area contributed by atoms with E-state index in [4.69, 9.17) is 16.3 Å². The van der Waals surface area contributed by atoms with Crippen LogP contribution in [0.15, 0.2) is 29.3 Å². The van der Waals surface area contributed by atoms with Gasteiger partial charge in [0.05, 0.1) is 12.0 Å². The molecule has 0 radical (unpaired) electrons. The van der Waals surface area contributed by atoms with Crippen molar-refractivity contribution in [2.75, 3.05) is 40.3 Å². The molecule has 2 N–H and O–H groups in total. The van der Waals surface area contributed by atoms with Crippen LogP contribution in [-0.4, -0.2) is 57.1 Å². The van der Waals surface area contributed by atoms with Crippen LogP contribution in [0.25, 0.3) is 0 Å². The van der Waals surface area contributed by atoms with Gasteiger partial charge in [-0.25, -0.2) is 0 Å². The maximum atomic E-state index is 12.1. The SMILES string of the molecule is CCNC(=O)C(C)(C)CNC(=NC)N(C)CCOc1cccc(Cl)c1.I. The average Bonchev–Trinajstić information content (AvgIpc) is 2.55. The molecule has 0 atom stereocenters. The highest BCUT2D eigenvalue weighted by Crippen LogP contribution is 2.17. The Kier molecular flexibility index (Phi) is 11.6. The number of carbonyl (C=O) groups excluding carboxylic acids is 1. The Morgan fingerprint density at radius 1 is 1.35 bits per heavy atom. The van der Waals surface area contributed by atoms with Crippen LogP contribution in [0.3, 0.4) is 0 Å². The van der Waals surface area contributed by atoms with Crippen molar-refractivity contribution in [1.29, 1.82) is 0 Å². The minimum absolute atomic E-state index is 0. The molecule has 0 bridgehead atoms. The van der Waals surface area contributed by atoms with E-state index in [2.05, 4.69) is 15.6 Å². The summed E-state index contributed by atoms with van der Waals surface area (Å²) in [4.78, 5) is 18.3. The van der Waals surface area contributed by atoms with Crippen LogP contribution in [0.5, 0.6) is 5.75 Å². The van der Waals surface area contributed by atoms with Crippen molar-refractivity contribution in [3.63, 3.8) is 0 Å². The number of carbonyl (C=O) groups is 1. The number of likely N-dealkylation sites (N-methyl/N-ethyl adjacent to an activating group) is 1. The molecule has 0 aromatic heterocycles. The van der Waals surface area contributed by atoms with E-state index in [0.717, 1.165) is 5.75 Å². The first-order chi connectivity index (χ1) is 11.8. The second-order valence-electron chi connectivity index (χ2n) is 6.37. The standard InChI is InChI=1S/C18H29ClN4O2.HI/c1-6-21-16(24)18(2,3)13-22-17(20-4)23(5)10-11-25-15-9-7-8-14(19)12-15;/h7-9,12H,6,10-11,13H2,1-5H3,(H,20,22)(H,21,24);1H. The number of aliphatic imine (C=N–C) groups is 1. The number of nitrogens with one attached hydrogen (secondary N) is 2. The third-order valence-electron chi connectivity index (χ3n) is 3.71. The van der Waals surface area contributed by atoms with E-state index < -0.39 is 5.41 Å². The molecule has 0 aliphatic carbocycles. The second-order valence-corrected chi connectivity index (χ2v) is 6.81. The molecule has 148 valence electrons. The molecule has 26 heavy (non-hydrogen) atoms. The molecule has 1 aromatic rings. The Balaban J connectivity index is 0.00000625. The maximum absolute atomic E-state index is 12.1. The maximum Gasteiger partial charge on any atom is 0.227 e. The summed E-state index contributed by atoms with van der Waals surface area (Å²) in [5.74, 6) is 1.47. The van der Waals surface area contributed by atoms with Crippen LogP contribution in [0.1, 0.15) is 20.8 Å². The van der Waals surface area contributed by atoms with E-state index in [1.807, 2.05) is 50.9 Å². The zero-order chi connectivity index (χ0) is 18.9. The fourth-order valence-corrected chi connectivity index (χ4v) is 2.31. The van der Waals surface area contributed by atoms with Gasteiger partial charge in [-0.2, -0.15) is 0 Å². The average molecular weight is 497 g/mol. The first kappa shape index (κ1) is 24.8. The van der Waals surface area contributed by atoms with Crippen molar-refractivity contribution in [3.05, 3.63) is 29.3 Å². The molecule has 6 nitrogen and oxygen atoms in total. The van der Waals surface area contributed by atoms with Crippen molar-refractivity contribution in [3.8, 4) is 5.75 Å². The molecule has 8 heteroatoms. The van der Waals surface area contributed by atoms with E-state index in [1.54, 1.807) is 13.1 Å². The molecule has 1 aromatic carbocycles. The molecule has 1 rings (SSSR count). The number of hydrogen-bond donors (Lipinski definition) is 2. The van der Waals surface area contributed by atoms with E-state index in [1.165, 1.54) is 0 Å². The second kappa shape index (κ2) is 12.2. The van der Waals surface area contributed by atoms with Gasteiger partial charge in [-0.1, -0.05) is 17.7 Å². The largest absolute Gasteiger partial charge is 0.492 e. The van der Waals surface area contributed by atoms with Gasteiger partial charge in [-0.3, -0.25) is 9.79 Å². The Hall–Kier alpha value is -1.22. The van der Waals surface area contributed by atoms with Crippen LogP contribution in [-0.2, 0) is 4.79 Å². The minimum Gasteiger partial charge on any atom is -0.492 e. The summed E-state index contributed by atoms with van der Waals surface area (Å²) in [7, 11) is 3.64. The highest BCUT2D eigenvalue weighted by atomic mass is 127. The summed E-state index contributed by atoms with van der Waals surface area (Å²) >= 11 is 5.94. The van der Waals surface area contributed by atoms with Crippen LogP contribution in [0.4, 0.5) is 0 Å². The fourth-order valence-electron chi connectivity index (χ4n) is 2.13. The van der Waals surface area contributed by atoms with Gasteiger partial charge in [0, 0.05) is 32.2 Å². The van der Waals surface area contributed by atoms with Crippen molar-refractivity contribution >= 4 is 47.4 Å². The zero-order valence-corrected chi connectivity index (χ0v) is 19.2. The number of benzene rings is 1. The quantitative estimate of drug-likeness (QED) is 0.330. The summed E-state index contributed by atoms with van der Waals surface area (Å²) in [5, 5.41) is 6.74. The number of rotatable bonds is 8. The van der Waals surface area contributed by atoms with Gasteiger partial charge in [-0.15, -0.1) is 24.0 Å². The van der Waals surface area contributed by atoms with E-state index in [-0.39, 0.29) is 29.9 Å². The van der Waals surface area contributed by atoms with Crippen LogP contribution < -0.4 is 15.4 Å². The Morgan fingerprint density at radius 2 is 2.04 bits per heavy atom. The van der Waals surface area contributed by atoms with Gasteiger partial charge >= 0.3 is 0 Å². The molecule has 0 unspecified atom stereocenters. The molecule has 0 aliphatic rings. The Morgan fingerprint density at radius 3 is 2.62 bits per heavy atom. The number of amides is 1. The van der Waals surface area contributed by atoms with E-state index >= 15 is 0 Å². The van der Waals surface area contributed by atoms with Crippen LogP contribution >= 0.6 is 35.6 Å². The van der Waals surface area contributed by atoms with Crippen LogP contribution in [0.2, 0.25) is 5.02 Å². The molecule has 0 fully saturated rings. The van der Waals surface area contributed by atoms with E-state index in [9.17, 15) is 4.79 Å². The lowest BCUT2D eigenvalue weighted by Crippen LogP contribution is -2.48. The molecule has 0 saturated carbocycles. The van der Waals surface area contributed by atoms with Gasteiger partial charge in [0.2, 0.25) is 5.91 Å². The number of nitrogens with zero attached hydrogens (tertiary/aromatic N) is 2. The molecular weight excluding hydrogens is 467 g/mol. The summed E-state index contributed by atoms with van der Waals surface area (Å²) in [5.41, 5.74) is -0.524. The summed E-state index contributed by atoms with van der Waals surface area (Å²) in [6, 6.07) is 7.31. The third kappa shape index (κ3) is 8.44. The van der Waals surface area contributed by atoms with Gasteiger partial charge in [-0.05, 0) is 39.0 Å². The van der Waals surface area contributed by atoms with Gasteiger partial charge in [0.25, 0.3) is 0 Å². The fraction of sp³-hybridized carbons (Fsp3) is 0.556. The van der Waals surface area contributed by atoms with Crippen molar-refractivity contribution in [2.24, 2.45) is 10.4 Å². The molecule has 0 heterocycles. The Bertz CT molecular complexity index is 596. The minimum atomic E-state index is -0.524. The van der Waals surface area contributed by atoms with Crippen molar-refractivity contribution in [1.82, 2.24) is 15.5 Å². The third-order valence-corrected chi connectivity index (χ3v) is 3.94. The summed E-state index contributed by atoms with van der Waals surface area (Å²) in [6.07, 6.45) is 0. The first-order valence-electron chi connectivity index (χ1n) is 8.38. The summed E-state index contributed by atoms with van der Waals surface area (Å²) < 4.78 is 5.69. The van der Waals surface area contributed by atoms with Crippen LogP contribution in [0, 0.1) is 5.41 Å². The first-order valence-corrected chi connectivity index (χ1v) is 8.76. The number of ether oxygens (including phenoxy) is 1. The molecular formula is C18H30ClIN4O2. The molecule has 1 amide bonds. The number of hydrogen-bond acceptors (Lipinski definition) is 3. The number of guanidine groups is 1.